The molecule has 5 heteroatoms. The fourth-order valence-electron chi connectivity index (χ4n) is 3.85. The summed E-state index contributed by atoms with van der Waals surface area (Å²) in [4.78, 5) is 11.4. The third-order valence-corrected chi connectivity index (χ3v) is 5.11. The lowest BCUT2D eigenvalue weighted by Crippen LogP contribution is -2.37. The van der Waals surface area contributed by atoms with Gasteiger partial charge < -0.3 is 11.1 Å². The minimum absolute atomic E-state index is 0.466. The second-order valence-corrected chi connectivity index (χ2v) is 6.86. The van der Waals surface area contributed by atoms with Gasteiger partial charge in [0.2, 0.25) is 0 Å². The Morgan fingerprint density at radius 3 is 2.87 bits per heavy atom. The summed E-state index contributed by atoms with van der Waals surface area (Å²) in [6.07, 6.45) is 11.4. The van der Waals surface area contributed by atoms with Crippen molar-refractivity contribution in [3.63, 3.8) is 0 Å². The highest BCUT2D eigenvalue weighted by Gasteiger charge is 2.27. The van der Waals surface area contributed by atoms with E-state index in [2.05, 4.69) is 20.2 Å². The Bertz CT molecular complexity index is 495. The Hall–Kier alpha value is -1.62. The number of aliphatic imine (C=N–C) groups is 1. The summed E-state index contributed by atoms with van der Waals surface area (Å²) in [5.41, 5.74) is 5.99. The molecule has 0 bridgehead atoms. The molecular formula is C18H29N5. The molecule has 0 amide bonds. The lowest BCUT2D eigenvalue weighted by molar-refractivity contribution is 0.191. The van der Waals surface area contributed by atoms with Crippen LogP contribution in [-0.4, -0.2) is 41.5 Å². The van der Waals surface area contributed by atoms with Crippen molar-refractivity contribution < 1.29 is 0 Å². The number of hydrogen-bond donors (Lipinski definition) is 2. The standard InChI is InChI=1S/C18H29N5/c19-18(22-17-10-4-5-11-20-17)21-13-16-9-6-12-23(16)14-15-7-2-1-3-8-15/h4-5,10-11,15-16H,1-3,6-9,12-14H2,(H3,19,20,21,22). The smallest absolute Gasteiger partial charge is 0.194 e. The number of nitrogens with one attached hydrogen (secondary N) is 1. The number of nitrogens with two attached hydrogens (primary N) is 1. The lowest BCUT2D eigenvalue weighted by Gasteiger charge is -2.30. The SMILES string of the molecule is NC(=NCC1CCCN1CC1CCCCC1)Nc1ccccn1. The summed E-state index contributed by atoms with van der Waals surface area (Å²) in [6.45, 7) is 3.27. The Labute approximate surface area is 139 Å². The molecule has 1 aliphatic heterocycles. The Balaban J connectivity index is 1.48. The lowest BCUT2D eigenvalue weighted by atomic mass is 9.89. The molecule has 23 heavy (non-hydrogen) atoms. The largest absolute Gasteiger partial charge is 0.370 e. The molecule has 0 radical (unpaired) electrons. The van der Waals surface area contributed by atoms with E-state index < -0.39 is 0 Å². The molecule has 3 rings (SSSR count). The molecule has 126 valence electrons. The quantitative estimate of drug-likeness (QED) is 0.648. The molecule has 2 aliphatic rings. The fourth-order valence-corrected chi connectivity index (χ4v) is 3.85. The van der Waals surface area contributed by atoms with Crippen LogP contribution < -0.4 is 11.1 Å². The van der Waals surface area contributed by atoms with Gasteiger partial charge >= 0.3 is 0 Å². The van der Waals surface area contributed by atoms with E-state index in [1.165, 1.54) is 58.0 Å². The summed E-state index contributed by atoms with van der Waals surface area (Å²) in [6, 6.07) is 6.28. The molecular weight excluding hydrogens is 286 g/mol. The number of aromatic nitrogens is 1. The first-order chi connectivity index (χ1) is 11.3. The van der Waals surface area contributed by atoms with Crippen LogP contribution in [0, 0.1) is 5.92 Å². The van der Waals surface area contributed by atoms with Crippen molar-refractivity contribution in [2.24, 2.45) is 16.6 Å². The van der Waals surface area contributed by atoms with E-state index in [1.54, 1.807) is 6.20 Å². The Kier molecular flexibility index (Phi) is 5.86. The zero-order chi connectivity index (χ0) is 15.9. The molecule has 1 aromatic rings. The van der Waals surface area contributed by atoms with Gasteiger partial charge in [-0.05, 0) is 50.3 Å². The molecule has 1 saturated heterocycles. The van der Waals surface area contributed by atoms with Gasteiger partial charge in [-0.25, -0.2) is 4.98 Å². The zero-order valence-corrected chi connectivity index (χ0v) is 14.0. The highest BCUT2D eigenvalue weighted by atomic mass is 15.2. The summed E-state index contributed by atoms with van der Waals surface area (Å²) in [5, 5.41) is 3.06. The first-order valence-corrected chi connectivity index (χ1v) is 9.03. The third kappa shape index (κ3) is 4.93. The van der Waals surface area contributed by atoms with Crippen LogP contribution in [0.2, 0.25) is 0 Å². The van der Waals surface area contributed by atoms with Gasteiger partial charge in [-0.2, -0.15) is 0 Å². The molecule has 3 N–H and O–H groups in total. The normalized spacial score (nSPS) is 24.0. The molecule has 1 atom stereocenters. The van der Waals surface area contributed by atoms with E-state index in [-0.39, 0.29) is 0 Å². The average Bonchev–Trinajstić information content (AvgIpc) is 3.02. The molecule has 0 aromatic carbocycles. The molecule has 0 spiro atoms. The molecule has 1 aromatic heterocycles. The predicted octanol–water partition coefficient (Wildman–Crippen LogP) is 2.85. The number of anilines is 1. The summed E-state index contributed by atoms with van der Waals surface area (Å²) >= 11 is 0. The van der Waals surface area contributed by atoms with Gasteiger partial charge in [0, 0.05) is 18.8 Å². The fraction of sp³-hybridized carbons (Fsp3) is 0.667. The highest BCUT2D eigenvalue weighted by Crippen LogP contribution is 2.27. The van der Waals surface area contributed by atoms with E-state index in [1.807, 2.05) is 18.2 Å². The third-order valence-electron chi connectivity index (χ3n) is 5.11. The predicted molar refractivity (Wildman–Crippen MR) is 95.5 cm³/mol. The minimum Gasteiger partial charge on any atom is -0.370 e. The number of nitrogens with zero attached hydrogens (tertiary/aromatic N) is 3. The van der Waals surface area contributed by atoms with Crippen LogP contribution in [0.1, 0.15) is 44.9 Å². The van der Waals surface area contributed by atoms with Gasteiger partial charge in [0.05, 0.1) is 6.54 Å². The van der Waals surface area contributed by atoms with Gasteiger partial charge in [-0.15, -0.1) is 0 Å². The van der Waals surface area contributed by atoms with Crippen LogP contribution in [-0.2, 0) is 0 Å². The van der Waals surface area contributed by atoms with Gasteiger partial charge in [0.1, 0.15) is 5.82 Å². The maximum absolute atomic E-state index is 5.99. The van der Waals surface area contributed by atoms with Crippen molar-refractivity contribution in [3.05, 3.63) is 24.4 Å². The number of rotatable bonds is 5. The van der Waals surface area contributed by atoms with Crippen LogP contribution in [0.4, 0.5) is 5.82 Å². The molecule has 2 heterocycles. The number of hydrogen-bond acceptors (Lipinski definition) is 3. The van der Waals surface area contributed by atoms with Gasteiger partial charge in [-0.3, -0.25) is 9.89 Å². The zero-order valence-electron chi connectivity index (χ0n) is 14.0. The number of likely N-dealkylation sites (tertiary alicyclic amines) is 1. The summed E-state index contributed by atoms with van der Waals surface area (Å²) < 4.78 is 0. The van der Waals surface area contributed by atoms with E-state index in [4.69, 9.17) is 5.73 Å². The molecule has 1 saturated carbocycles. The van der Waals surface area contributed by atoms with Crippen LogP contribution in [0.5, 0.6) is 0 Å². The molecule has 1 aliphatic carbocycles. The molecule has 5 nitrogen and oxygen atoms in total. The van der Waals surface area contributed by atoms with Crippen molar-refractivity contribution in [1.82, 2.24) is 9.88 Å². The van der Waals surface area contributed by atoms with Gasteiger partial charge in [-0.1, -0.05) is 25.3 Å². The van der Waals surface area contributed by atoms with E-state index in [0.717, 1.165) is 18.3 Å². The Morgan fingerprint density at radius 1 is 1.22 bits per heavy atom. The first kappa shape index (κ1) is 16.2. The Morgan fingerprint density at radius 2 is 2.09 bits per heavy atom. The van der Waals surface area contributed by atoms with Crippen LogP contribution in [0.25, 0.3) is 0 Å². The highest BCUT2D eigenvalue weighted by molar-refractivity contribution is 5.91. The average molecular weight is 315 g/mol. The van der Waals surface area contributed by atoms with Crippen LogP contribution in [0.15, 0.2) is 29.4 Å². The number of guanidine groups is 1. The monoisotopic (exact) mass is 315 g/mol. The van der Waals surface area contributed by atoms with E-state index >= 15 is 0 Å². The number of pyridine rings is 1. The van der Waals surface area contributed by atoms with Crippen molar-refractivity contribution in [2.45, 2.75) is 51.0 Å². The molecule has 1 unspecified atom stereocenters. The second kappa shape index (κ2) is 8.29. The maximum atomic E-state index is 5.99. The van der Waals surface area contributed by atoms with Crippen LogP contribution >= 0.6 is 0 Å². The van der Waals surface area contributed by atoms with Crippen molar-refractivity contribution in [3.8, 4) is 0 Å². The maximum Gasteiger partial charge on any atom is 0.194 e. The second-order valence-electron chi connectivity index (χ2n) is 6.86. The van der Waals surface area contributed by atoms with Crippen molar-refractivity contribution >= 4 is 11.8 Å². The summed E-state index contributed by atoms with van der Waals surface area (Å²) in [7, 11) is 0. The van der Waals surface area contributed by atoms with Crippen molar-refractivity contribution in [2.75, 3.05) is 25.0 Å². The molecule has 2 fully saturated rings. The van der Waals surface area contributed by atoms with E-state index in [9.17, 15) is 0 Å². The van der Waals surface area contributed by atoms with Gasteiger partial charge in [0.15, 0.2) is 5.96 Å². The van der Waals surface area contributed by atoms with Crippen molar-refractivity contribution in [1.29, 1.82) is 0 Å². The minimum atomic E-state index is 0.466. The van der Waals surface area contributed by atoms with Crippen LogP contribution in [0.3, 0.4) is 0 Å². The van der Waals surface area contributed by atoms with Gasteiger partial charge in [0.25, 0.3) is 0 Å². The summed E-state index contributed by atoms with van der Waals surface area (Å²) in [5.74, 6) is 2.12. The topological polar surface area (TPSA) is 66.5 Å². The first-order valence-electron chi connectivity index (χ1n) is 9.03. The van der Waals surface area contributed by atoms with E-state index in [0.29, 0.717) is 12.0 Å².